The number of aromatic nitrogens is 1. The van der Waals surface area contributed by atoms with Crippen molar-refractivity contribution in [2.75, 3.05) is 18.6 Å². The summed E-state index contributed by atoms with van der Waals surface area (Å²) in [6.45, 7) is 10.1. The summed E-state index contributed by atoms with van der Waals surface area (Å²) in [6.07, 6.45) is -0.371. The summed E-state index contributed by atoms with van der Waals surface area (Å²) >= 11 is 2.48. The molecule has 1 aromatic heterocycles. The molecule has 0 radical (unpaired) electrons. The second-order valence-corrected chi connectivity index (χ2v) is 11.0. The maximum absolute atomic E-state index is 13.2. The number of hydrogen-bond donors (Lipinski definition) is 2. The number of nitrogens with zero attached hydrogens (tertiary/aromatic N) is 3. The van der Waals surface area contributed by atoms with Crippen molar-refractivity contribution in [3.05, 3.63) is 35.0 Å². The maximum atomic E-state index is 13.2. The molecule has 3 N–H and O–H groups in total. The molecule has 3 rings (SSSR count). The molecule has 2 aliphatic rings. The summed E-state index contributed by atoms with van der Waals surface area (Å²) in [5, 5.41) is 7.54. The number of thiazole rings is 1. The fourth-order valence-corrected chi connectivity index (χ4v) is 5.45. The van der Waals surface area contributed by atoms with E-state index < -0.39 is 47.2 Å². The number of fused-ring (bicyclic) bond motifs is 1. The molecule has 3 atom stereocenters. The Balaban J connectivity index is 1.74. The van der Waals surface area contributed by atoms with Gasteiger partial charge in [0.05, 0.1) is 0 Å². The molecule has 0 spiro atoms. The largest absolute Gasteiger partial charge is 0.511 e. The number of nitrogens with one attached hydrogen (secondary N) is 1. The third-order valence-electron chi connectivity index (χ3n) is 5.00. The first kappa shape index (κ1) is 29.0. The summed E-state index contributed by atoms with van der Waals surface area (Å²) in [6, 6.07) is -0.950. The molecular formula is C23H29N5O8S2. The zero-order valence-corrected chi connectivity index (χ0v) is 23.1. The lowest BCUT2D eigenvalue weighted by molar-refractivity contribution is -0.170. The number of amides is 2. The number of rotatable bonds is 9. The number of carbonyl (C=O) groups excluding carboxylic acids is 4. The van der Waals surface area contributed by atoms with E-state index in [0.29, 0.717) is 17.7 Å². The van der Waals surface area contributed by atoms with Crippen molar-refractivity contribution < 1.29 is 38.2 Å². The van der Waals surface area contributed by atoms with Crippen molar-refractivity contribution in [2.24, 2.45) is 5.16 Å². The van der Waals surface area contributed by atoms with E-state index in [1.54, 1.807) is 26.8 Å². The van der Waals surface area contributed by atoms with Gasteiger partial charge in [-0.2, -0.15) is 0 Å². The van der Waals surface area contributed by atoms with Gasteiger partial charge in [0.15, 0.2) is 10.8 Å². The Labute approximate surface area is 227 Å². The Kier molecular flexibility index (Phi) is 9.04. The normalized spacial score (nSPS) is 20.1. The Hall–Kier alpha value is -3.59. The lowest BCUT2D eigenvalue weighted by Gasteiger charge is -2.49. The van der Waals surface area contributed by atoms with Gasteiger partial charge >= 0.3 is 12.1 Å². The van der Waals surface area contributed by atoms with Gasteiger partial charge in [0, 0.05) is 18.1 Å². The molecule has 0 aliphatic carbocycles. The van der Waals surface area contributed by atoms with Crippen LogP contribution in [0.4, 0.5) is 9.93 Å². The molecule has 1 aromatic rings. The van der Waals surface area contributed by atoms with Crippen LogP contribution in [0.15, 0.2) is 34.5 Å². The maximum Gasteiger partial charge on any atom is 0.511 e. The number of β-lactam (4-membered cyclic amide) rings is 1. The van der Waals surface area contributed by atoms with E-state index in [2.05, 4.69) is 22.0 Å². The third-order valence-corrected chi connectivity index (χ3v) is 7.02. The van der Waals surface area contributed by atoms with Gasteiger partial charge in [-0.25, -0.2) is 14.6 Å². The van der Waals surface area contributed by atoms with Crippen LogP contribution >= 0.6 is 23.1 Å². The van der Waals surface area contributed by atoms with Gasteiger partial charge in [0.25, 0.3) is 11.8 Å². The highest BCUT2D eigenvalue weighted by molar-refractivity contribution is 8.00. The number of nitrogens with two attached hydrogens (primary N) is 1. The number of esters is 1. The number of hydrogen-bond acceptors (Lipinski definition) is 13. The molecule has 0 bridgehead atoms. The predicted molar refractivity (Wildman–Crippen MR) is 140 cm³/mol. The van der Waals surface area contributed by atoms with Crippen LogP contribution in [0.3, 0.4) is 0 Å². The Morgan fingerprint density at radius 3 is 2.66 bits per heavy atom. The molecule has 0 aromatic carbocycles. The molecule has 1 unspecified atom stereocenters. The second kappa shape index (κ2) is 11.9. The molecule has 38 heavy (non-hydrogen) atoms. The number of oxime groups is 1. The lowest BCUT2D eigenvalue weighted by Crippen LogP contribution is -2.71. The van der Waals surface area contributed by atoms with Crippen LogP contribution in [0, 0.1) is 0 Å². The molecule has 1 saturated heterocycles. The topological polar surface area (TPSA) is 172 Å². The quantitative estimate of drug-likeness (QED) is 0.112. The van der Waals surface area contributed by atoms with Crippen LogP contribution < -0.4 is 11.1 Å². The monoisotopic (exact) mass is 567 g/mol. The SMILES string of the molecule is C=CCC1=C(C(=O)OC(C)OC(=O)OC(C)(C)C)N2C(=O)[C@@H](NC(=O)/C(=N\OC)c3csc(N)n3)[C@H]2SC1. The minimum Gasteiger partial charge on any atom is -0.428 e. The first-order valence-corrected chi connectivity index (χ1v) is 13.3. The van der Waals surface area contributed by atoms with E-state index in [-0.39, 0.29) is 22.2 Å². The Morgan fingerprint density at radius 1 is 1.37 bits per heavy atom. The van der Waals surface area contributed by atoms with E-state index >= 15 is 0 Å². The van der Waals surface area contributed by atoms with Crippen molar-refractivity contribution in [1.29, 1.82) is 0 Å². The molecule has 15 heteroatoms. The van der Waals surface area contributed by atoms with Gasteiger partial charge in [0.2, 0.25) is 6.29 Å². The molecule has 1 fully saturated rings. The second-order valence-electron chi connectivity index (χ2n) is 9.05. The smallest absolute Gasteiger partial charge is 0.428 e. The average molecular weight is 568 g/mol. The molecule has 0 saturated carbocycles. The van der Waals surface area contributed by atoms with Crippen LogP contribution in [0.2, 0.25) is 0 Å². The number of anilines is 1. The van der Waals surface area contributed by atoms with E-state index in [0.717, 1.165) is 11.3 Å². The third kappa shape index (κ3) is 6.64. The highest BCUT2D eigenvalue weighted by Gasteiger charge is 2.54. The van der Waals surface area contributed by atoms with E-state index in [1.165, 1.54) is 36.1 Å². The van der Waals surface area contributed by atoms with E-state index in [4.69, 9.17) is 24.8 Å². The predicted octanol–water partition coefficient (Wildman–Crippen LogP) is 2.15. The number of allylic oxidation sites excluding steroid dienone is 1. The highest BCUT2D eigenvalue weighted by Crippen LogP contribution is 2.41. The molecule has 206 valence electrons. The summed E-state index contributed by atoms with van der Waals surface area (Å²) in [5.41, 5.74) is 5.53. The number of thioether (sulfide) groups is 1. The first-order valence-electron chi connectivity index (χ1n) is 11.4. The molecule has 2 aliphatic heterocycles. The van der Waals surface area contributed by atoms with E-state index in [1.807, 2.05) is 0 Å². The minimum atomic E-state index is -1.28. The summed E-state index contributed by atoms with van der Waals surface area (Å²) in [5.74, 6) is -1.71. The molecule has 3 heterocycles. The van der Waals surface area contributed by atoms with Crippen molar-refractivity contribution in [1.82, 2.24) is 15.2 Å². The first-order chi connectivity index (χ1) is 17.9. The Bertz CT molecular complexity index is 1190. The lowest BCUT2D eigenvalue weighted by atomic mass is 10.0. The van der Waals surface area contributed by atoms with E-state index in [9.17, 15) is 19.2 Å². The molecule has 13 nitrogen and oxygen atoms in total. The van der Waals surface area contributed by atoms with Gasteiger partial charge in [-0.15, -0.1) is 29.7 Å². The number of ether oxygens (including phenoxy) is 3. The van der Waals surface area contributed by atoms with Crippen molar-refractivity contribution in [3.8, 4) is 0 Å². The standard InChI is InChI=1S/C23H29N5O8S2/c1-7-8-12-9-37-19-15(26-17(29)14(27-33-6)13-10-38-21(24)25-13)18(30)28(19)16(12)20(31)34-11(2)35-22(32)36-23(3,4)5/h7,10-11,15,19H,1,8-9H2,2-6H3,(H2,24,25)(H,26,29)/b27-14-/t11?,15-,19-/m1/s1. The van der Waals surface area contributed by atoms with Gasteiger partial charge in [0.1, 0.15) is 35.5 Å². The average Bonchev–Trinajstić information content (AvgIpc) is 3.24. The zero-order valence-electron chi connectivity index (χ0n) is 21.5. The van der Waals surface area contributed by atoms with Crippen molar-refractivity contribution >= 4 is 57.9 Å². The van der Waals surface area contributed by atoms with Crippen LogP contribution in [0.5, 0.6) is 0 Å². The highest BCUT2D eigenvalue weighted by atomic mass is 32.2. The Morgan fingerprint density at radius 2 is 2.08 bits per heavy atom. The zero-order chi connectivity index (χ0) is 28.2. The summed E-state index contributed by atoms with van der Waals surface area (Å²) in [4.78, 5) is 61.2. The van der Waals surface area contributed by atoms with Crippen LogP contribution in [-0.4, -0.2) is 75.7 Å². The van der Waals surface area contributed by atoms with Crippen molar-refractivity contribution in [2.45, 2.75) is 57.4 Å². The van der Waals surface area contributed by atoms with Crippen molar-refractivity contribution in [3.63, 3.8) is 0 Å². The molecule has 2 amide bonds. The van der Waals surface area contributed by atoms with Gasteiger partial charge in [-0.05, 0) is 32.8 Å². The van der Waals surface area contributed by atoms with Crippen LogP contribution in [0.25, 0.3) is 0 Å². The summed E-state index contributed by atoms with van der Waals surface area (Å²) < 4.78 is 15.4. The van der Waals surface area contributed by atoms with Crippen LogP contribution in [-0.2, 0) is 33.4 Å². The van der Waals surface area contributed by atoms with Gasteiger partial charge in [-0.1, -0.05) is 11.2 Å². The number of nitrogen functional groups attached to an aromatic ring is 1. The summed E-state index contributed by atoms with van der Waals surface area (Å²) in [7, 11) is 1.27. The fourth-order valence-electron chi connectivity index (χ4n) is 3.54. The molecular weight excluding hydrogens is 538 g/mol. The fraction of sp³-hybridized carbons (Fsp3) is 0.478. The van der Waals surface area contributed by atoms with Crippen LogP contribution in [0.1, 0.15) is 39.8 Å². The minimum absolute atomic E-state index is 0.0156. The van der Waals surface area contributed by atoms with Gasteiger partial charge in [-0.3, -0.25) is 14.5 Å². The van der Waals surface area contributed by atoms with Gasteiger partial charge < -0.3 is 30.1 Å². The number of carbonyl (C=O) groups is 4.